The maximum atomic E-state index is 11.1. The molecule has 0 aromatic heterocycles. The number of aliphatic hydroxyl groups excluding tert-OH is 1. The Morgan fingerprint density at radius 1 is 1.05 bits per heavy atom. The van der Waals surface area contributed by atoms with E-state index in [4.69, 9.17) is 18.9 Å². The molecule has 0 aromatic carbocycles. The molecule has 8 nitrogen and oxygen atoms in total. The molecule has 0 aliphatic carbocycles. The van der Waals surface area contributed by atoms with Crippen molar-refractivity contribution in [2.24, 2.45) is 0 Å². The van der Waals surface area contributed by atoms with Crippen LogP contribution in [0.2, 0.25) is 0 Å². The van der Waals surface area contributed by atoms with Crippen LogP contribution >= 0.6 is 0 Å². The van der Waals surface area contributed by atoms with Crippen molar-refractivity contribution in [3.63, 3.8) is 0 Å². The van der Waals surface area contributed by atoms with Crippen LogP contribution in [0.5, 0.6) is 0 Å². The first kappa shape index (κ1) is 16.4. The second-order valence-electron chi connectivity index (χ2n) is 4.40. The summed E-state index contributed by atoms with van der Waals surface area (Å²) in [5, 5.41) is 9.72. The lowest BCUT2D eigenvalue weighted by Gasteiger charge is -2.37. The zero-order valence-electron chi connectivity index (χ0n) is 11.5. The molecule has 0 bridgehead atoms. The van der Waals surface area contributed by atoms with E-state index in [2.05, 4.69) is 0 Å². The van der Waals surface area contributed by atoms with Gasteiger partial charge in [-0.25, -0.2) is 0 Å². The second kappa shape index (κ2) is 7.20. The summed E-state index contributed by atoms with van der Waals surface area (Å²) < 4.78 is 19.9. The average Bonchev–Trinajstić information content (AvgIpc) is 2.29. The van der Waals surface area contributed by atoms with Gasteiger partial charge in [0.15, 0.2) is 12.4 Å². The highest BCUT2D eigenvalue weighted by molar-refractivity contribution is 5.67. The van der Waals surface area contributed by atoms with Crippen LogP contribution in [-0.4, -0.2) is 54.2 Å². The van der Waals surface area contributed by atoms with Crippen molar-refractivity contribution in [2.75, 3.05) is 6.61 Å². The molecule has 0 unspecified atom stereocenters. The summed E-state index contributed by atoms with van der Waals surface area (Å²) in [4.78, 5) is 32.8. The van der Waals surface area contributed by atoms with Crippen molar-refractivity contribution in [3.8, 4) is 0 Å². The molecule has 0 spiro atoms. The van der Waals surface area contributed by atoms with Crippen LogP contribution in [0.1, 0.15) is 27.2 Å². The first-order valence-corrected chi connectivity index (χ1v) is 6.11. The third kappa shape index (κ3) is 5.14. The van der Waals surface area contributed by atoms with E-state index in [-0.39, 0.29) is 13.0 Å². The van der Waals surface area contributed by atoms with Gasteiger partial charge in [0.25, 0.3) is 0 Å². The number of esters is 3. The molecule has 1 fully saturated rings. The highest BCUT2D eigenvalue weighted by atomic mass is 16.7. The van der Waals surface area contributed by atoms with Crippen LogP contribution in [0.3, 0.4) is 0 Å². The van der Waals surface area contributed by atoms with Crippen molar-refractivity contribution in [1.82, 2.24) is 0 Å². The lowest BCUT2D eigenvalue weighted by molar-refractivity contribution is -0.262. The van der Waals surface area contributed by atoms with Gasteiger partial charge in [-0.15, -0.1) is 0 Å². The Kier molecular flexibility index (Phi) is 5.90. The van der Waals surface area contributed by atoms with Crippen LogP contribution in [0, 0.1) is 0 Å². The zero-order valence-corrected chi connectivity index (χ0v) is 11.5. The van der Waals surface area contributed by atoms with Crippen LogP contribution in [0.15, 0.2) is 0 Å². The first-order chi connectivity index (χ1) is 9.29. The van der Waals surface area contributed by atoms with Crippen LogP contribution < -0.4 is 0 Å². The Labute approximate surface area is 115 Å². The van der Waals surface area contributed by atoms with Crippen molar-refractivity contribution < 1.29 is 38.4 Å². The summed E-state index contributed by atoms with van der Waals surface area (Å²) in [6.07, 6.45) is -3.84. The number of hydrogen-bond donors (Lipinski definition) is 1. The Hall–Kier alpha value is -1.67. The lowest BCUT2D eigenvalue weighted by atomic mass is 10.0. The van der Waals surface area contributed by atoms with E-state index in [0.29, 0.717) is 0 Å². The summed E-state index contributed by atoms with van der Waals surface area (Å²) >= 11 is 0. The molecule has 0 saturated carbocycles. The summed E-state index contributed by atoms with van der Waals surface area (Å²) in [6.45, 7) is 3.46. The minimum atomic E-state index is -1.37. The molecular formula is C12H18O8. The zero-order chi connectivity index (χ0) is 15.3. The van der Waals surface area contributed by atoms with Gasteiger partial charge in [-0.2, -0.15) is 0 Å². The third-order valence-corrected chi connectivity index (χ3v) is 2.60. The minimum Gasteiger partial charge on any atom is -0.463 e. The largest absolute Gasteiger partial charge is 0.463 e. The first-order valence-electron chi connectivity index (χ1n) is 6.11. The maximum absolute atomic E-state index is 11.1. The number of rotatable bonds is 4. The highest BCUT2D eigenvalue weighted by Crippen LogP contribution is 2.24. The van der Waals surface area contributed by atoms with Gasteiger partial charge >= 0.3 is 17.9 Å². The summed E-state index contributed by atoms with van der Waals surface area (Å²) in [5.41, 5.74) is 0. The van der Waals surface area contributed by atoms with Crippen molar-refractivity contribution >= 4 is 17.9 Å². The summed E-state index contributed by atoms with van der Waals surface area (Å²) in [6, 6.07) is 0. The van der Waals surface area contributed by atoms with Crippen LogP contribution in [0.25, 0.3) is 0 Å². The molecule has 20 heavy (non-hydrogen) atoms. The van der Waals surface area contributed by atoms with Crippen LogP contribution in [-0.2, 0) is 33.3 Å². The number of hydrogen-bond acceptors (Lipinski definition) is 8. The Balaban J connectivity index is 2.70. The minimum absolute atomic E-state index is 0.0618. The molecule has 4 atom stereocenters. The molecule has 1 heterocycles. The molecule has 1 aliphatic rings. The summed E-state index contributed by atoms with van der Waals surface area (Å²) in [7, 11) is 0. The van der Waals surface area contributed by atoms with E-state index in [1.165, 1.54) is 20.8 Å². The molecule has 1 rings (SSSR count). The van der Waals surface area contributed by atoms with Crippen molar-refractivity contribution in [3.05, 3.63) is 0 Å². The van der Waals surface area contributed by atoms with E-state index in [9.17, 15) is 19.5 Å². The molecule has 0 amide bonds. The topological polar surface area (TPSA) is 108 Å². The number of aliphatic hydroxyl groups is 1. The standard InChI is InChI=1S/C12H18O8/c1-6(13)17-5-11-9(18-7(2)14)4-10(12(16)20-11)19-8(3)15/h9-12,16H,4-5H2,1-3H3/t9-,10+,11+,12-/m0/s1. The van der Waals surface area contributed by atoms with Gasteiger partial charge in [0.1, 0.15) is 18.8 Å². The SMILES string of the molecule is CC(=O)OC[C@H]1O[C@H](O)[C@H](OC(C)=O)C[C@@H]1OC(C)=O. The van der Waals surface area contributed by atoms with Gasteiger partial charge < -0.3 is 24.1 Å². The highest BCUT2D eigenvalue weighted by Gasteiger charge is 2.41. The fourth-order valence-electron chi connectivity index (χ4n) is 1.85. The van der Waals surface area contributed by atoms with Gasteiger partial charge in [-0.1, -0.05) is 0 Å². The number of ether oxygens (including phenoxy) is 4. The predicted molar refractivity (Wildman–Crippen MR) is 63.2 cm³/mol. The summed E-state index contributed by atoms with van der Waals surface area (Å²) in [5.74, 6) is -1.66. The monoisotopic (exact) mass is 290 g/mol. The molecule has 114 valence electrons. The second-order valence-corrected chi connectivity index (χ2v) is 4.40. The van der Waals surface area contributed by atoms with Gasteiger partial charge in [0.05, 0.1) is 0 Å². The molecule has 1 aliphatic heterocycles. The Morgan fingerprint density at radius 2 is 1.60 bits per heavy atom. The average molecular weight is 290 g/mol. The number of carbonyl (C=O) groups is 3. The van der Waals surface area contributed by atoms with Crippen molar-refractivity contribution in [1.29, 1.82) is 0 Å². The van der Waals surface area contributed by atoms with Gasteiger partial charge in [0.2, 0.25) is 0 Å². The quantitative estimate of drug-likeness (QED) is 0.546. The van der Waals surface area contributed by atoms with Crippen molar-refractivity contribution in [2.45, 2.75) is 51.8 Å². The van der Waals surface area contributed by atoms with E-state index >= 15 is 0 Å². The van der Waals surface area contributed by atoms with E-state index in [0.717, 1.165) is 0 Å². The van der Waals surface area contributed by atoms with E-state index in [1.807, 2.05) is 0 Å². The molecule has 8 heteroatoms. The van der Waals surface area contributed by atoms with E-state index in [1.54, 1.807) is 0 Å². The van der Waals surface area contributed by atoms with Gasteiger partial charge in [-0.05, 0) is 0 Å². The Bertz CT molecular complexity index is 380. The number of carbonyl (C=O) groups excluding carboxylic acids is 3. The normalized spacial score (nSPS) is 29.4. The smallest absolute Gasteiger partial charge is 0.303 e. The molecule has 0 aromatic rings. The molecule has 0 radical (unpaired) electrons. The molecular weight excluding hydrogens is 272 g/mol. The lowest BCUT2D eigenvalue weighted by Crippen LogP contribution is -2.51. The van der Waals surface area contributed by atoms with Crippen LogP contribution in [0.4, 0.5) is 0 Å². The maximum Gasteiger partial charge on any atom is 0.303 e. The third-order valence-electron chi connectivity index (χ3n) is 2.60. The predicted octanol–water partition coefficient (Wildman–Crippen LogP) is -0.480. The van der Waals surface area contributed by atoms with Gasteiger partial charge in [0, 0.05) is 27.2 Å². The Morgan fingerprint density at radius 3 is 2.10 bits per heavy atom. The molecule has 1 saturated heterocycles. The van der Waals surface area contributed by atoms with E-state index < -0.39 is 42.5 Å². The fraction of sp³-hybridized carbons (Fsp3) is 0.750. The molecule has 1 N–H and O–H groups in total. The van der Waals surface area contributed by atoms with Gasteiger partial charge in [-0.3, -0.25) is 14.4 Å². The fourth-order valence-corrected chi connectivity index (χ4v) is 1.85.